The topological polar surface area (TPSA) is 12.0 Å². The molecular formula is C18H30BrNS. The Kier molecular flexibility index (Phi) is 6.77. The van der Waals surface area contributed by atoms with Crippen LogP contribution >= 0.6 is 27.3 Å². The number of halogens is 1. The Hall–Kier alpha value is 0.140. The summed E-state index contributed by atoms with van der Waals surface area (Å²) < 4.78 is 1.29. The first kappa shape index (κ1) is 17.5. The van der Waals surface area contributed by atoms with E-state index in [0.29, 0.717) is 11.5 Å². The van der Waals surface area contributed by atoms with Gasteiger partial charge in [-0.3, -0.25) is 0 Å². The summed E-state index contributed by atoms with van der Waals surface area (Å²) in [6, 6.07) is 2.95. The molecule has 0 amide bonds. The predicted octanol–water partition coefficient (Wildman–Crippen LogP) is 6.09. The van der Waals surface area contributed by atoms with Crippen LogP contribution in [-0.2, 0) is 6.42 Å². The third-order valence-electron chi connectivity index (χ3n) is 5.04. The van der Waals surface area contributed by atoms with Gasteiger partial charge in [0.05, 0.1) is 3.79 Å². The standard InChI is InChI=1S/C18H30BrNS/c1-14(2)20-12-11-18(8-5-4-6-9-18)10-7-16-13-17(19)21-15(16)3/h13-14,20H,4-12H2,1-3H3. The van der Waals surface area contributed by atoms with E-state index < -0.39 is 0 Å². The van der Waals surface area contributed by atoms with Crippen LogP contribution in [0.3, 0.4) is 0 Å². The van der Waals surface area contributed by atoms with E-state index in [1.807, 2.05) is 11.3 Å². The molecule has 0 saturated heterocycles. The molecule has 3 heteroatoms. The maximum absolute atomic E-state index is 3.63. The van der Waals surface area contributed by atoms with Gasteiger partial charge < -0.3 is 5.32 Å². The summed E-state index contributed by atoms with van der Waals surface area (Å²) in [5, 5.41) is 3.63. The van der Waals surface area contributed by atoms with E-state index in [1.54, 1.807) is 5.56 Å². The Labute approximate surface area is 143 Å². The number of thiophene rings is 1. The zero-order valence-corrected chi connectivity index (χ0v) is 16.2. The number of rotatable bonds is 7. The minimum absolute atomic E-state index is 0.598. The molecular weight excluding hydrogens is 342 g/mol. The second-order valence-corrected chi connectivity index (χ2v) is 9.69. The third-order valence-corrected chi connectivity index (χ3v) is 6.63. The minimum Gasteiger partial charge on any atom is -0.315 e. The van der Waals surface area contributed by atoms with Crippen LogP contribution in [-0.4, -0.2) is 12.6 Å². The zero-order chi connectivity index (χ0) is 15.3. The molecule has 0 aromatic carbocycles. The molecule has 1 saturated carbocycles. The van der Waals surface area contributed by atoms with Gasteiger partial charge >= 0.3 is 0 Å². The van der Waals surface area contributed by atoms with Crippen LogP contribution in [0.15, 0.2) is 9.85 Å². The first-order valence-electron chi connectivity index (χ1n) is 8.49. The van der Waals surface area contributed by atoms with Crippen LogP contribution < -0.4 is 5.32 Å². The van der Waals surface area contributed by atoms with Gasteiger partial charge in [0.2, 0.25) is 0 Å². The molecule has 0 aliphatic heterocycles. The van der Waals surface area contributed by atoms with Crippen LogP contribution in [0.5, 0.6) is 0 Å². The van der Waals surface area contributed by atoms with E-state index >= 15 is 0 Å². The van der Waals surface area contributed by atoms with Gasteiger partial charge in [-0.15, -0.1) is 11.3 Å². The molecule has 21 heavy (non-hydrogen) atoms. The van der Waals surface area contributed by atoms with E-state index in [9.17, 15) is 0 Å². The summed E-state index contributed by atoms with van der Waals surface area (Å²) in [7, 11) is 0. The highest BCUT2D eigenvalue weighted by atomic mass is 79.9. The summed E-state index contributed by atoms with van der Waals surface area (Å²) in [4.78, 5) is 1.49. The van der Waals surface area contributed by atoms with Crippen molar-refractivity contribution in [1.82, 2.24) is 5.32 Å². The fraction of sp³-hybridized carbons (Fsp3) is 0.778. The van der Waals surface area contributed by atoms with Crippen molar-refractivity contribution in [2.45, 2.75) is 78.2 Å². The lowest BCUT2D eigenvalue weighted by Crippen LogP contribution is -2.32. The second kappa shape index (κ2) is 8.12. The minimum atomic E-state index is 0.598. The van der Waals surface area contributed by atoms with E-state index in [2.05, 4.69) is 48.1 Å². The molecule has 1 nitrogen and oxygen atoms in total. The fourth-order valence-corrected chi connectivity index (χ4v) is 5.47. The summed E-state index contributed by atoms with van der Waals surface area (Å²) in [6.45, 7) is 7.95. The average molecular weight is 372 g/mol. The molecule has 0 radical (unpaired) electrons. The lowest BCUT2D eigenvalue weighted by atomic mass is 9.68. The highest BCUT2D eigenvalue weighted by molar-refractivity contribution is 9.11. The van der Waals surface area contributed by atoms with Crippen molar-refractivity contribution in [3.05, 3.63) is 20.3 Å². The van der Waals surface area contributed by atoms with Crippen molar-refractivity contribution >= 4 is 27.3 Å². The first-order valence-corrected chi connectivity index (χ1v) is 10.1. The van der Waals surface area contributed by atoms with Gasteiger partial charge in [-0.1, -0.05) is 33.1 Å². The molecule has 1 aromatic heterocycles. The lowest BCUT2D eigenvalue weighted by Gasteiger charge is -2.38. The molecule has 1 aliphatic rings. The number of nitrogens with one attached hydrogen (secondary N) is 1. The second-order valence-electron chi connectivity index (χ2n) is 7.05. The maximum atomic E-state index is 3.63. The van der Waals surface area contributed by atoms with Crippen LogP contribution in [0, 0.1) is 12.3 Å². The molecule has 0 bridgehead atoms. The van der Waals surface area contributed by atoms with Crippen LogP contribution in [0.1, 0.15) is 69.2 Å². The van der Waals surface area contributed by atoms with Crippen molar-refractivity contribution in [3.63, 3.8) is 0 Å². The molecule has 2 rings (SSSR count). The smallest absolute Gasteiger partial charge is 0.0704 e. The maximum Gasteiger partial charge on any atom is 0.0704 e. The molecule has 1 aliphatic carbocycles. The largest absolute Gasteiger partial charge is 0.315 e. The lowest BCUT2D eigenvalue weighted by molar-refractivity contribution is 0.155. The summed E-state index contributed by atoms with van der Waals surface area (Å²) in [5.74, 6) is 0. The molecule has 0 atom stereocenters. The number of aryl methyl sites for hydroxylation is 2. The molecule has 1 N–H and O–H groups in total. The molecule has 1 fully saturated rings. The normalized spacial score (nSPS) is 18.3. The van der Waals surface area contributed by atoms with Gasteiger partial charge in [0.15, 0.2) is 0 Å². The Morgan fingerprint density at radius 3 is 2.52 bits per heavy atom. The molecule has 120 valence electrons. The van der Waals surface area contributed by atoms with Crippen molar-refractivity contribution < 1.29 is 0 Å². The highest BCUT2D eigenvalue weighted by Crippen LogP contribution is 2.43. The van der Waals surface area contributed by atoms with Gasteiger partial charge in [-0.2, -0.15) is 0 Å². The van der Waals surface area contributed by atoms with E-state index in [0.717, 1.165) is 0 Å². The van der Waals surface area contributed by atoms with Gasteiger partial charge in [0, 0.05) is 10.9 Å². The van der Waals surface area contributed by atoms with Gasteiger partial charge in [0.1, 0.15) is 0 Å². The van der Waals surface area contributed by atoms with Gasteiger partial charge in [-0.25, -0.2) is 0 Å². The number of hydrogen-bond donors (Lipinski definition) is 1. The van der Waals surface area contributed by atoms with E-state index in [4.69, 9.17) is 0 Å². The van der Waals surface area contributed by atoms with Crippen LogP contribution in [0.2, 0.25) is 0 Å². The van der Waals surface area contributed by atoms with E-state index in [-0.39, 0.29) is 0 Å². The molecule has 1 aromatic rings. The van der Waals surface area contributed by atoms with Crippen LogP contribution in [0.4, 0.5) is 0 Å². The predicted molar refractivity (Wildman–Crippen MR) is 98.4 cm³/mol. The van der Waals surface area contributed by atoms with Crippen molar-refractivity contribution in [2.75, 3.05) is 6.54 Å². The number of hydrogen-bond acceptors (Lipinski definition) is 2. The molecule has 1 heterocycles. The SMILES string of the molecule is Cc1sc(Br)cc1CCC1(CCNC(C)C)CCCCC1. The Morgan fingerprint density at radius 2 is 1.95 bits per heavy atom. The highest BCUT2D eigenvalue weighted by Gasteiger charge is 2.31. The average Bonchev–Trinajstić information content (AvgIpc) is 2.76. The third kappa shape index (κ3) is 5.37. The zero-order valence-electron chi connectivity index (χ0n) is 13.8. The van der Waals surface area contributed by atoms with Crippen molar-refractivity contribution in [3.8, 4) is 0 Å². The van der Waals surface area contributed by atoms with Crippen molar-refractivity contribution in [1.29, 1.82) is 0 Å². The monoisotopic (exact) mass is 371 g/mol. The quantitative estimate of drug-likeness (QED) is 0.611. The molecule has 0 unspecified atom stereocenters. The first-order chi connectivity index (χ1) is 10.0. The fourth-order valence-electron chi connectivity index (χ4n) is 3.68. The summed E-state index contributed by atoms with van der Waals surface area (Å²) in [5.41, 5.74) is 2.16. The molecule has 0 spiro atoms. The van der Waals surface area contributed by atoms with E-state index in [1.165, 1.54) is 66.6 Å². The van der Waals surface area contributed by atoms with Crippen molar-refractivity contribution in [2.24, 2.45) is 5.41 Å². The van der Waals surface area contributed by atoms with Gasteiger partial charge in [-0.05, 0) is 78.5 Å². The van der Waals surface area contributed by atoms with Crippen LogP contribution in [0.25, 0.3) is 0 Å². The van der Waals surface area contributed by atoms with Gasteiger partial charge in [0.25, 0.3) is 0 Å². The Balaban J connectivity index is 1.93. The Morgan fingerprint density at radius 1 is 1.24 bits per heavy atom. The Bertz CT molecular complexity index is 432. The summed E-state index contributed by atoms with van der Waals surface area (Å²) >= 11 is 5.51. The summed E-state index contributed by atoms with van der Waals surface area (Å²) in [6.07, 6.45) is 11.2.